The van der Waals surface area contributed by atoms with Gasteiger partial charge in [-0.1, -0.05) is 170 Å². The van der Waals surface area contributed by atoms with Gasteiger partial charge in [0.15, 0.2) is 5.82 Å². The van der Waals surface area contributed by atoms with E-state index in [4.69, 9.17) is 9.97 Å². The van der Waals surface area contributed by atoms with E-state index in [1.54, 1.807) is 0 Å². The quantitative estimate of drug-likeness (QED) is 0.161. The molecule has 0 saturated carbocycles. The Bertz CT molecular complexity index is 3310. The summed E-state index contributed by atoms with van der Waals surface area (Å²) in [4.78, 5) is 12.8. The molecule has 4 heteroatoms. The summed E-state index contributed by atoms with van der Waals surface area (Å²) in [6.45, 7) is 0. The van der Waals surface area contributed by atoms with Crippen molar-refractivity contribution in [1.82, 2.24) is 14.5 Å². The molecule has 12 rings (SSSR count). The van der Waals surface area contributed by atoms with Crippen LogP contribution in [-0.2, 0) is 0 Å². The zero-order valence-electron chi connectivity index (χ0n) is 33.9. The third-order valence-corrected chi connectivity index (χ3v) is 12.5. The number of aromatic nitrogens is 3. The average molecular weight is 793 g/mol. The molecule has 0 N–H and O–H groups in total. The lowest BCUT2D eigenvalue weighted by Crippen LogP contribution is -2.29. The van der Waals surface area contributed by atoms with Gasteiger partial charge < -0.3 is 9.47 Å². The van der Waals surface area contributed by atoms with Gasteiger partial charge in [-0.3, -0.25) is 0 Å². The van der Waals surface area contributed by atoms with Crippen molar-refractivity contribution >= 4 is 38.8 Å². The predicted molar refractivity (Wildman–Crippen MR) is 257 cm³/mol. The van der Waals surface area contributed by atoms with E-state index in [0.717, 1.165) is 44.9 Å². The molecule has 2 aliphatic rings. The molecule has 0 bridgehead atoms. The number of hydrogen-bond donors (Lipinski definition) is 0. The maximum Gasteiger partial charge on any atom is 0.160 e. The minimum atomic E-state index is 0.145. The number of nitrogens with zero attached hydrogens (tertiary/aromatic N) is 4. The number of hydrogen-bond acceptors (Lipinski definition) is 3. The van der Waals surface area contributed by atoms with Crippen LogP contribution in [0.1, 0.15) is 17.0 Å². The largest absolute Gasteiger partial charge is 0.333 e. The summed E-state index contributed by atoms with van der Waals surface area (Å²) in [5.41, 5.74) is 17.0. The van der Waals surface area contributed by atoms with Crippen LogP contribution in [-0.4, -0.2) is 20.6 Å². The second-order valence-electron chi connectivity index (χ2n) is 16.2. The fraction of sp³-hybridized carbons (Fsp3) is 0.0345. The van der Waals surface area contributed by atoms with Gasteiger partial charge in [-0.2, -0.15) is 0 Å². The predicted octanol–water partition coefficient (Wildman–Crippen LogP) is 14.5. The first kappa shape index (κ1) is 35.8. The summed E-state index contributed by atoms with van der Waals surface area (Å²) in [7, 11) is 0. The second-order valence-corrected chi connectivity index (χ2v) is 16.2. The van der Waals surface area contributed by atoms with E-state index < -0.39 is 0 Å². The Morgan fingerprint density at radius 2 is 1.00 bits per heavy atom. The van der Waals surface area contributed by atoms with Crippen LogP contribution in [0.4, 0.5) is 11.4 Å². The molecule has 0 saturated heterocycles. The Kier molecular flexibility index (Phi) is 8.60. The van der Waals surface area contributed by atoms with Crippen molar-refractivity contribution in [3.63, 3.8) is 0 Å². The summed E-state index contributed by atoms with van der Waals surface area (Å²) >= 11 is 0. The Labute approximate surface area is 361 Å². The number of anilines is 2. The highest BCUT2D eigenvalue weighted by Crippen LogP contribution is 2.50. The lowest BCUT2D eigenvalue weighted by atomic mass is 9.86. The van der Waals surface area contributed by atoms with Crippen molar-refractivity contribution in [3.8, 4) is 50.7 Å². The monoisotopic (exact) mass is 792 g/mol. The fourth-order valence-corrected chi connectivity index (χ4v) is 9.61. The molecule has 1 unspecified atom stereocenters. The van der Waals surface area contributed by atoms with Crippen LogP contribution in [0.3, 0.4) is 0 Å². The molecule has 2 atom stereocenters. The zero-order chi connectivity index (χ0) is 41.0. The summed E-state index contributed by atoms with van der Waals surface area (Å²) in [5, 5.41) is 2.53. The average Bonchev–Trinajstić information content (AvgIpc) is 3.87. The SMILES string of the molecule is C1=CC2[C@@H](C=C1c1ccc3c(c1)c1ccccc1n3-c1ccccc1)c1ccccc1N2c1cccc(-c2cccc(-c3nc(-c4ccccc4)cc(-c4ccccc4)n3)c2)c1. The first-order valence-electron chi connectivity index (χ1n) is 21.3. The highest BCUT2D eigenvalue weighted by atomic mass is 15.2. The number of rotatable bonds is 7. The van der Waals surface area contributed by atoms with Gasteiger partial charge in [0.25, 0.3) is 0 Å². The lowest BCUT2D eigenvalue weighted by Gasteiger charge is -2.30. The number of para-hydroxylation sites is 3. The maximum atomic E-state index is 5.12. The van der Waals surface area contributed by atoms with Crippen molar-refractivity contribution in [3.05, 3.63) is 242 Å². The molecule has 0 radical (unpaired) electrons. The maximum absolute atomic E-state index is 5.12. The molecular formula is C58H40N4. The first-order chi connectivity index (χ1) is 30.7. The Balaban J connectivity index is 0.892. The van der Waals surface area contributed by atoms with E-state index in [1.165, 1.54) is 49.9 Å². The minimum absolute atomic E-state index is 0.145. The minimum Gasteiger partial charge on any atom is -0.333 e. The second kappa shape index (κ2) is 14.9. The molecule has 0 fully saturated rings. The number of allylic oxidation sites excluding steroid dienone is 2. The normalized spacial score (nSPS) is 15.4. The molecular weight excluding hydrogens is 753 g/mol. The van der Waals surface area contributed by atoms with Crippen LogP contribution in [0.5, 0.6) is 0 Å². The fourth-order valence-electron chi connectivity index (χ4n) is 9.61. The molecule has 1 aliphatic carbocycles. The number of fused-ring (bicyclic) bond motifs is 6. The molecule has 1 aliphatic heterocycles. The van der Waals surface area contributed by atoms with Crippen LogP contribution in [0.15, 0.2) is 231 Å². The van der Waals surface area contributed by atoms with E-state index in [9.17, 15) is 0 Å². The summed E-state index contributed by atoms with van der Waals surface area (Å²) in [5.74, 6) is 0.906. The van der Waals surface area contributed by atoms with Gasteiger partial charge in [-0.15, -0.1) is 0 Å². The van der Waals surface area contributed by atoms with Crippen molar-refractivity contribution in [2.45, 2.75) is 12.0 Å². The molecule has 62 heavy (non-hydrogen) atoms. The first-order valence-corrected chi connectivity index (χ1v) is 21.3. The summed E-state index contributed by atoms with van der Waals surface area (Å²) < 4.78 is 2.38. The third-order valence-electron chi connectivity index (χ3n) is 12.5. The van der Waals surface area contributed by atoms with Gasteiger partial charge in [0, 0.05) is 50.4 Å². The van der Waals surface area contributed by atoms with Gasteiger partial charge >= 0.3 is 0 Å². The number of benzene rings is 8. The molecule has 8 aromatic carbocycles. The van der Waals surface area contributed by atoms with E-state index >= 15 is 0 Å². The van der Waals surface area contributed by atoms with Crippen molar-refractivity contribution in [2.24, 2.45) is 0 Å². The molecule has 0 spiro atoms. The van der Waals surface area contributed by atoms with Crippen molar-refractivity contribution < 1.29 is 0 Å². The van der Waals surface area contributed by atoms with Gasteiger partial charge in [0.2, 0.25) is 0 Å². The topological polar surface area (TPSA) is 34.0 Å². The van der Waals surface area contributed by atoms with Gasteiger partial charge in [-0.05, 0) is 88.5 Å². The standard InChI is InChI=1S/C58H40N4/c1-4-16-39(17-5-1)52-38-53(40-18-6-2-7-19-40)60-58(59-52)45-22-14-20-41(34-45)42-21-15-25-47(35-42)62-55-29-13-11-27-49(55)51-37-44(31-33-57(51)62)43-30-32-56-50(36-43)48-26-10-12-28-54(48)61(56)46-23-8-3-9-24-46/h1-38,51,57H/t51-,57?/m0/s1. The van der Waals surface area contributed by atoms with Crippen LogP contribution in [0.2, 0.25) is 0 Å². The molecule has 0 amide bonds. The van der Waals surface area contributed by atoms with Crippen LogP contribution < -0.4 is 4.90 Å². The molecule has 3 heterocycles. The summed E-state index contributed by atoms with van der Waals surface area (Å²) in [6.07, 6.45) is 7.23. The summed E-state index contributed by atoms with van der Waals surface area (Å²) in [6, 6.07) is 75.8. The van der Waals surface area contributed by atoms with E-state index in [1.807, 2.05) is 12.1 Å². The van der Waals surface area contributed by atoms with E-state index in [-0.39, 0.29) is 12.0 Å². The Hall–Kier alpha value is -8.08. The Morgan fingerprint density at radius 3 is 1.77 bits per heavy atom. The third kappa shape index (κ3) is 6.15. The lowest BCUT2D eigenvalue weighted by molar-refractivity contribution is 0.747. The van der Waals surface area contributed by atoms with Crippen LogP contribution in [0.25, 0.3) is 78.1 Å². The highest BCUT2D eigenvalue weighted by Gasteiger charge is 2.38. The van der Waals surface area contributed by atoms with Gasteiger partial charge in [-0.25, -0.2) is 9.97 Å². The van der Waals surface area contributed by atoms with E-state index in [2.05, 4.69) is 228 Å². The van der Waals surface area contributed by atoms with Gasteiger partial charge in [0.1, 0.15) is 0 Å². The van der Waals surface area contributed by atoms with Crippen LogP contribution >= 0.6 is 0 Å². The van der Waals surface area contributed by atoms with Crippen LogP contribution in [0, 0.1) is 0 Å². The van der Waals surface area contributed by atoms with Crippen molar-refractivity contribution in [1.29, 1.82) is 0 Å². The zero-order valence-corrected chi connectivity index (χ0v) is 33.9. The molecule has 2 aromatic heterocycles. The smallest absolute Gasteiger partial charge is 0.160 e. The van der Waals surface area contributed by atoms with Gasteiger partial charge in [0.05, 0.1) is 28.5 Å². The van der Waals surface area contributed by atoms with Crippen molar-refractivity contribution in [2.75, 3.05) is 4.90 Å². The molecule has 4 nitrogen and oxygen atoms in total. The van der Waals surface area contributed by atoms with E-state index in [0.29, 0.717) is 5.82 Å². The molecule has 292 valence electrons. The molecule has 10 aromatic rings. The Morgan fingerprint density at radius 1 is 0.403 bits per heavy atom. The highest BCUT2D eigenvalue weighted by molar-refractivity contribution is 6.10.